The van der Waals surface area contributed by atoms with Crippen molar-refractivity contribution in [2.45, 2.75) is 63.8 Å². The number of morpholine rings is 1. The maximum atomic E-state index is 14.1. The molecule has 0 spiro atoms. The molecule has 1 aliphatic heterocycles. The summed E-state index contributed by atoms with van der Waals surface area (Å²) in [6, 6.07) is 11.7. The molecule has 0 radical (unpaired) electrons. The third-order valence-electron chi connectivity index (χ3n) is 6.94. The Morgan fingerprint density at radius 2 is 1.68 bits per heavy atom. The molecule has 2 aromatic carbocycles. The first-order chi connectivity index (χ1) is 19.5. The molecule has 1 aliphatic rings. The average molecular weight is 579 g/mol. The van der Waals surface area contributed by atoms with Crippen molar-refractivity contribution >= 4 is 23.3 Å². The zero-order valence-corrected chi connectivity index (χ0v) is 23.6. The van der Waals surface area contributed by atoms with Gasteiger partial charge in [-0.1, -0.05) is 44.2 Å². The first-order valence-corrected chi connectivity index (χ1v) is 14.1. The molecule has 226 valence electrons. The molecule has 0 bridgehead atoms. The van der Waals surface area contributed by atoms with Crippen LogP contribution in [-0.2, 0) is 14.3 Å². The lowest BCUT2D eigenvalue weighted by molar-refractivity contribution is -0.161. The molecule has 0 unspecified atom stereocenters. The average Bonchev–Trinajstić information content (AvgIpc) is 2.94. The Labute approximate surface area is 239 Å². The zero-order valence-electron chi connectivity index (χ0n) is 23.6. The Balaban J connectivity index is 1.70. The number of hydrogen-bond donors (Lipinski definition) is 4. The summed E-state index contributed by atoms with van der Waals surface area (Å²) in [7, 11) is 0. The summed E-state index contributed by atoms with van der Waals surface area (Å²) in [4.78, 5) is 26.7. The second-order valence-corrected chi connectivity index (χ2v) is 10.8. The van der Waals surface area contributed by atoms with E-state index in [0.717, 1.165) is 24.5 Å². The summed E-state index contributed by atoms with van der Waals surface area (Å²) >= 11 is 0. The Morgan fingerprint density at radius 3 is 2.27 bits per heavy atom. The monoisotopic (exact) mass is 578 g/mol. The molecular formula is C30H41F3N4O4. The molecular weight excluding hydrogens is 537 g/mol. The van der Waals surface area contributed by atoms with Crippen molar-refractivity contribution < 1.29 is 32.6 Å². The van der Waals surface area contributed by atoms with Gasteiger partial charge in [-0.15, -0.1) is 0 Å². The van der Waals surface area contributed by atoms with E-state index in [2.05, 4.69) is 20.9 Å². The van der Waals surface area contributed by atoms with Crippen LogP contribution in [0.2, 0.25) is 0 Å². The molecule has 0 saturated carbocycles. The Bertz CT molecular complexity index is 1080. The first kappa shape index (κ1) is 32.2. The van der Waals surface area contributed by atoms with Crippen LogP contribution in [0.3, 0.4) is 0 Å². The minimum atomic E-state index is -4.60. The van der Waals surface area contributed by atoms with Gasteiger partial charge in [-0.25, -0.2) is 0 Å². The minimum Gasteiger partial charge on any atom is -0.481 e. The van der Waals surface area contributed by atoms with Crippen LogP contribution in [0.1, 0.15) is 51.1 Å². The lowest BCUT2D eigenvalue weighted by Crippen LogP contribution is -2.52. The predicted octanol–water partition coefficient (Wildman–Crippen LogP) is 4.98. The van der Waals surface area contributed by atoms with E-state index in [0.29, 0.717) is 26.1 Å². The quantitative estimate of drug-likeness (QED) is 0.236. The van der Waals surface area contributed by atoms with Crippen molar-refractivity contribution in [2.24, 2.45) is 5.92 Å². The fraction of sp³-hybridized carbons (Fsp3) is 0.533. The number of ether oxygens (including phenoxy) is 1. The van der Waals surface area contributed by atoms with Gasteiger partial charge < -0.3 is 25.4 Å². The molecule has 1 fully saturated rings. The fourth-order valence-electron chi connectivity index (χ4n) is 4.83. The van der Waals surface area contributed by atoms with Gasteiger partial charge in [0, 0.05) is 43.5 Å². The number of alkyl halides is 3. The Hall–Kier alpha value is -3.31. The van der Waals surface area contributed by atoms with E-state index in [1.165, 1.54) is 24.3 Å². The highest BCUT2D eigenvalue weighted by atomic mass is 19.4. The van der Waals surface area contributed by atoms with E-state index in [4.69, 9.17) is 9.84 Å². The van der Waals surface area contributed by atoms with Crippen LogP contribution in [0, 0.1) is 5.92 Å². The van der Waals surface area contributed by atoms with Crippen LogP contribution in [0.4, 0.5) is 24.5 Å². The van der Waals surface area contributed by atoms with Gasteiger partial charge >= 0.3 is 12.1 Å². The molecule has 1 heterocycles. The van der Waals surface area contributed by atoms with Crippen LogP contribution >= 0.6 is 0 Å². The number of carboxylic acids is 1. The van der Waals surface area contributed by atoms with E-state index in [1.54, 1.807) is 6.07 Å². The van der Waals surface area contributed by atoms with E-state index in [9.17, 15) is 22.8 Å². The lowest BCUT2D eigenvalue weighted by Gasteiger charge is -2.30. The first-order valence-electron chi connectivity index (χ1n) is 14.1. The highest BCUT2D eigenvalue weighted by Crippen LogP contribution is 2.33. The number of nitrogens with zero attached hydrogens (tertiary/aromatic N) is 1. The normalized spacial score (nSPS) is 16.2. The number of nitrogens with one attached hydrogen (secondary N) is 3. The number of carboxylic acid groups (broad SMARTS) is 1. The van der Waals surface area contributed by atoms with Gasteiger partial charge in [-0.2, -0.15) is 13.2 Å². The van der Waals surface area contributed by atoms with Gasteiger partial charge in [0.1, 0.15) is 6.04 Å². The minimum absolute atomic E-state index is 0.0294. The summed E-state index contributed by atoms with van der Waals surface area (Å²) < 4.78 is 47.6. The van der Waals surface area contributed by atoms with Gasteiger partial charge in [0.2, 0.25) is 5.91 Å². The summed E-state index contributed by atoms with van der Waals surface area (Å²) in [5.41, 5.74) is 1.92. The largest absolute Gasteiger partial charge is 0.481 e. The summed E-state index contributed by atoms with van der Waals surface area (Å²) in [5.74, 6) is -1.54. The third kappa shape index (κ3) is 10.9. The van der Waals surface area contributed by atoms with E-state index in [1.807, 2.05) is 38.1 Å². The summed E-state index contributed by atoms with van der Waals surface area (Å²) in [6.45, 7) is 6.97. The number of carbonyl (C=O) groups excluding carboxylic acids is 1. The van der Waals surface area contributed by atoms with Crippen LogP contribution < -0.4 is 20.9 Å². The molecule has 41 heavy (non-hydrogen) atoms. The number of aliphatic carboxylic acids is 1. The lowest BCUT2D eigenvalue weighted by atomic mass is 9.99. The van der Waals surface area contributed by atoms with Crippen molar-refractivity contribution in [1.82, 2.24) is 10.6 Å². The molecule has 3 atom stereocenters. The van der Waals surface area contributed by atoms with Gasteiger partial charge in [-0.05, 0) is 55.0 Å². The molecule has 0 aromatic heterocycles. The molecule has 1 saturated heterocycles. The van der Waals surface area contributed by atoms with E-state index < -0.39 is 36.2 Å². The molecule has 3 rings (SSSR count). The predicted molar refractivity (Wildman–Crippen MR) is 153 cm³/mol. The number of carbonyl (C=O) groups is 2. The van der Waals surface area contributed by atoms with Gasteiger partial charge in [0.25, 0.3) is 0 Å². The molecule has 4 N–H and O–H groups in total. The number of anilines is 2. The fourth-order valence-corrected chi connectivity index (χ4v) is 4.83. The van der Waals surface area contributed by atoms with Crippen molar-refractivity contribution in [3.8, 4) is 0 Å². The van der Waals surface area contributed by atoms with Crippen LogP contribution in [0.5, 0.6) is 0 Å². The number of halogens is 3. The second-order valence-electron chi connectivity index (χ2n) is 10.8. The van der Waals surface area contributed by atoms with Crippen molar-refractivity contribution in [1.29, 1.82) is 0 Å². The topological polar surface area (TPSA) is 103 Å². The third-order valence-corrected chi connectivity index (χ3v) is 6.94. The number of rotatable bonds is 15. The smallest absolute Gasteiger partial charge is 0.407 e. The molecule has 2 aromatic rings. The molecule has 8 nitrogen and oxygen atoms in total. The molecule has 0 aliphatic carbocycles. The van der Waals surface area contributed by atoms with Gasteiger partial charge in [-0.3, -0.25) is 14.9 Å². The van der Waals surface area contributed by atoms with E-state index in [-0.39, 0.29) is 30.9 Å². The van der Waals surface area contributed by atoms with Gasteiger partial charge in [0.05, 0.1) is 19.3 Å². The van der Waals surface area contributed by atoms with Crippen LogP contribution in [-0.4, -0.2) is 68.1 Å². The van der Waals surface area contributed by atoms with Crippen LogP contribution in [0.15, 0.2) is 54.6 Å². The van der Waals surface area contributed by atoms with Crippen molar-refractivity contribution in [3.05, 3.63) is 60.2 Å². The number of amides is 1. The number of hydrogen-bond acceptors (Lipinski definition) is 6. The van der Waals surface area contributed by atoms with E-state index >= 15 is 0 Å². The second kappa shape index (κ2) is 15.6. The molecule has 11 heteroatoms. The maximum absolute atomic E-state index is 14.1. The maximum Gasteiger partial charge on any atom is 0.407 e. The summed E-state index contributed by atoms with van der Waals surface area (Å²) in [5, 5.41) is 17.8. The molecule has 1 amide bonds. The highest BCUT2D eigenvalue weighted by molar-refractivity contribution is 5.82. The standard InChI is InChI=1S/C30H41F3N4O4/c1-21(2)19-26(36-28(30(31,32)33)22-7-4-3-5-8-22)29(40)35-24(9-6-10-27(38)39)20-34-23-11-13-25(14-12-23)37-15-17-41-18-16-37/h3-5,7-8,11-14,21,24,26,28,34,36H,6,9-10,15-20H2,1-2H3,(H,35,40)(H,38,39)/t24-,26-,28-/m0/s1. The Kier molecular flexibility index (Phi) is 12.3. The SMILES string of the molecule is CC(C)C[C@H](N[C@@H](c1ccccc1)C(F)(F)F)C(=O)N[C@@H](CCCC(=O)O)CNc1ccc(N2CCOCC2)cc1. The van der Waals surface area contributed by atoms with Crippen molar-refractivity contribution in [3.63, 3.8) is 0 Å². The Morgan fingerprint density at radius 1 is 1.02 bits per heavy atom. The number of benzene rings is 2. The van der Waals surface area contributed by atoms with Crippen LogP contribution in [0.25, 0.3) is 0 Å². The zero-order chi connectivity index (χ0) is 29.8. The highest BCUT2D eigenvalue weighted by Gasteiger charge is 2.43. The summed E-state index contributed by atoms with van der Waals surface area (Å²) in [6.07, 6.45) is -3.81. The van der Waals surface area contributed by atoms with Gasteiger partial charge in [0.15, 0.2) is 0 Å². The van der Waals surface area contributed by atoms with Crippen molar-refractivity contribution in [2.75, 3.05) is 43.1 Å².